The molecule has 0 bridgehead atoms. The van der Waals surface area contributed by atoms with E-state index in [1.54, 1.807) is 0 Å². The zero-order chi connectivity index (χ0) is 26.3. The number of nitriles is 1. The molecule has 194 valence electrons. The van der Waals surface area contributed by atoms with Crippen LogP contribution in [0.1, 0.15) is 64.0 Å². The molecule has 2 amide bonds. The van der Waals surface area contributed by atoms with Gasteiger partial charge in [-0.25, -0.2) is 0 Å². The number of hydrogen-bond donors (Lipinski definition) is 2. The van der Waals surface area contributed by atoms with Crippen LogP contribution in [0.2, 0.25) is 0 Å². The number of nitrogens with zero attached hydrogens (tertiary/aromatic N) is 1. The molecule has 2 N–H and O–H groups in total. The van der Waals surface area contributed by atoms with Gasteiger partial charge in [0.15, 0.2) is 0 Å². The largest absolute Gasteiger partial charge is 0.381 e. The Morgan fingerprint density at radius 3 is 2.53 bits per heavy atom. The van der Waals surface area contributed by atoms with Crippen LogP contribution in [0.25, 0.3) is 11.1 Å². The van der Waals surface area contributed by atoms with Crippen LogP contribution in [0.15, 0.2) is 42.5 Å². The summed E-state index contributed by atoms with van der Waals surface area (Å²) >= 11 is 0. The van der Waals surface area contributed by atoms with Gasteiger partial charge in [0.05, 0.1) is 6.07 Å². The molecular formula is C30H41N3O3. The van der Waals surface area contributed by atoms with Crippen LogP contribution in [0.4, 0.5) is 5.69 Å². The lowest BCUT2D eigenvalue weighted by Gasteiger charge is -2.14. The van der Waals surface area contributed by atoms with E-state index in [-0.39, 0.29) is 11.8 Å². The maximum Gasteiger partial charge on any atom is 0.227 e. The van der Waals surface area contributed by atoms with E-state index in [2.05, 4.69) is 23.6 Å². The summed E-state index contributed by atoms with van der Waals surface area (Å²) in [7, 11) is 0. The molecule has 0 radical (unpaired) electrons. The molecule has 36 heavy (non-hydrogen) atoms. The lowest BCUT2D eigenvalue weighted by molar-refractivity contribution is -0.119. The minimum Gasteiger partial charge on any atom is -0.381 e. The molecule has 1 saturated heterocycles. The maximum absolute atomic E-state index is 12.2. The number of rotatable bonds is 8. The Bertz CT molecular complexity index is 989. The summed E-state index contributed by atoms with van der Waals surface area (Å²) in [6.45, 7) is 10.2. The number of anilines is 1. The molecule has 2 aromatic rings. The molecule has 1 fully saturated rings. The number of hydrogen-bond acceptors (Lipinski definition) is 4. The summed E-state index contributed by atoms with van der Waals surface area (Å²) < 4.78 is 5.34. The van der Waals surface area contributed by atoms with Crippen LogP contribution in [0.3, 0.4) is 0 Å². The first kappa shape index (κ1) is 29.1. The van der Waals surface area contributed by atoms with Gasteiger partial charge in [0.1, 0.15) is 6.04 Å². The fourth-order valence-corrected chi connectivity index (χ4v) is 3.90. The summed E-state index contributed by atoms with van der Waals surface area (Å²) in [5.74, 6) is 0.893. The highest BCUT2D eigenvalue weighted by Crippen LogP contribution is 2.26. The van der Waals surface area contributed by atoms with Crippen molar-refractivity contribution < 1.29 is 14.3 Å². The second-order valence-electron chi connectivity index (χ2n) is 9.70. The first-order chi connectivity index (χ1) is 17.4. The summed E-state index contributed by atoms with van der Waals surface area (Å²) in [5.41, 5.74) is 4.84. The Morgan fingerprint density at radius 1 is 1.14 bits per heavy atom. The second-order valence-corrected chi connectivity index (χ2v) is 9.70. The van der Waals surface area contributed by atoms with E-state index in [1.807, 2.05) is 63.2 Å². The van der Waals surface area contributed by atoms with E-state index in [0.717, 1.165) is 53.5 Å². The summed E-state index contributed by atoms with van der Waals surface area (Å²) in [6, 6.07) is 15.4. The van der Waals surface area contributed by atoms with Gasteiger partial charge in [-0.2, -0.15) is 5.26 Å². The zero-order valence-corrected chi connectivity index (χ0v) is 22.2. The fraction of sp³-hybridized carbons (Fsp3) is 0.500. The predicted molar refractivity (Wildman–Crippen MR) is 145 cm³/mol. The van der Waals surface area contributed by atoms with E-state index in [9.17, 15) is 9.59 Å². The number of ether oxygens (including phenoxy) is 1. The highest BCUT2D eigenvalue weighted by molar-refractivity contribution is 5.93. The van der Waals surface area contributed by atoms with Gasteiger partial charge in [-0.15, -0.1) is 0 Å². The summed E-state index contributed by atoms with van der Waals surface area (Å²) in [5, 5.41) is 14.5. The fourth-order valence-electron chi connectivity index (χ4n) is 3.90. The monoisotopic (exact) mass is 491 g/mol. The van der Waals surface area contributed by atoms with Crippen LogP contribution in [-0.2, 0) is 20.7 Å². The minimum absolute atomic E-state index is 0.0262. The lowest BCUT2D eigenvalue weighted by Crippen LogP contribution is -2.28. The summed E-state index contributed by atoms with van der Waals surface area (Å²) in [4.78, 5) is 22.7. The van der Waals surface area contributed by atoms with Crippen molar-refractivity contribution in [1.82, 2.24) is 5.32 Å². The van der Waals surface area contributed by atoms with Crippen molar-refractivity contribution in [2.24, 2.45) is 11.8 Å². The number of carbonyl (C=O) groups excluding carboxylic acids is 2. The maximum atomic E-state index is 12.2. The van der Waals surface area contributed by atoms with Crippen LogP contribution >= 0.6 is 0 Å². The molecule has 1 aliphatic rings. The van der Waals surface area contributed by atoms with Gasteiger partial charge in [-0.1, -0.05) is 70.0 Å². The smallest absolute Gasteiger partial charge is 0.227 e. The second kappa shape index (κ2) is 15.7. The quantitative estimate of drug-likeness (QED) is 0.440. The lowest BCUT2D eigenvalue weighted by atomic mass is 9.99. The zero-order valence-electron chi connectivity index (χ0n) is 22.2. The van der Waals surface area contributed by atoms with Gasteiger partial charge in [-0.05, 0) is 60.4 Å². The van der Waals surface area contributed by atoms with Gasteiger partial charge in [0.25, 0.3) is 0 Å². The molecule has 3 atom stereocenters. The highest BCUT2D eigenvalue weighted by atomic mass is 16.5. The first-order valence-electron chi connectivity index (χ1n) is 13.1. The standard InChI is InChI=1S/C22H25N3O2.C8H16O/c1-4-15(2)22(27)25-21-12-19(8-5-16(21)3)18-9-6-17(7-10-18)11-20(13-23)24-14-26;1-8-4-2-3-6-9-7-5-8/h5-10,12,14-15,20H,4,11H2,1-3H3,(H,24,26)(H,25,27);8H,2-7H2,1H3. The molecule has 0 aromatic heterocycles. The summed E-state index contributed by atoms with van der Waals surface area (Å²) in [6.07, 6.45) is 7.10. The Labute approximate surface area is 216 Å². The molecular weight excluding hydrogens is 450 g/mol. The van der Waals surface area contributed by atoms with Gasteiger partial charge in [-0.3, -0.25) is 9.59 Å². The van der Waals surface area contributed by atoms with E-state index >= 15 is 0 Å². The van der Waals surface area contributed by atoms with Crippen molar-refractivity contribution in [3.05, 3.63) is 53.6 Å². The number of benzene rings is 2. The number of nitrogens with one attached hydrogen (secondary N) is 2. The van der Waals surface area contributed by atoms with Crippen molar-refractivity contribution in [2.75, 3.05) is 18.5 Å². The van der Waals surface area contributed by atoms with E-state index in [0.29, 0.717) is 12.8 Å². The third-order valence-corrected chi connectivity index (χ3v) is 6.70. The van der Waals surface area contributed by atoms with Crippen molar-refractivity contribution in [3.63, 3.8) is 0 Å². The Balaban J connectivity index is 0.000000425. The molecule has 1 aliphatic heterocycles. The van der Waals surface area contributed by atoms with Crippen molar-refractivity contribution in [3.8, 4) is 17.2 Å². The predicted octanol–water partition coefficient (Wildman–Crippen LogP) is 6.04. The Kier molecular flexibility index (Phi) is 12.7. The Hall–Kier alpha value is -3.17. The minimum atomic E-state index is -0.532. The average Bonchev–Trinajstić information content (AvgIpc) is 2.87. The third-order valence-electron chi connectivity index (χ3n) is 6.70. The average molecular weight is 492 g/mol. The van der Waals surface area contributed by atoms with Gasteiger partial charge >= 0.3 is 0 Å². The molecule has 3 unspecified atom stereocenters. The van der Waals surface area contributed by atoms with E-state index < -0.39 is 6.04 Å². The normalized spacial score (nSPS) is 17.1. The van der Waals surface area contributed by atoms with Crippen molar-refractivity contribution >= 4 is 18.0 Å². The van der Waals surface area contributed by atoms with Crippen LogP contribution < -0.4 is 10.6 Å². The van der Waals surface area contributed by atoms with Crippen LogP contribution in [-0.4, -0.2) is 31.6 Å². The van der Waals surface area contributed by atoms with E-state index in [4.69, 9.17) is 10.00 Å². The molecule has 3 rings (SSSR count). The van der Waals surface area contributed by atoms with E-state index in [1.165, 1.54) is 25.7 Å². The van der Waals surface area contributed by atoms with Gasteiger partial charge < -0.3 is 15.4 Å². The molecule has 0 saturated carbocycles. The molecule has 0 aliphatic carbocycles. The number of amides is 2. The van der Waals surface area contributed by atoms with Crippen molar-refractivity contribution in [2.45, 2.75) is 72.3 Å². The van der Waals surface area contributed by atoms with Gasteiger partial charge in [0.2, 0.25) is 12.3 Å². The molecule has 6 heteroatoms. The van der Waals surface area contributed by atoms with Crippen molar-refractivity contribution in [1.29, 1.82) is 5.26 Å². The molecule has 6 nitrogen and oxygen atoms in total. The van der Waals surface area contributed by atoms with Crippen LogP contribution in [0.5, 0.6) is 0 Å². The topological polar surface area (TPSA) is 91.2 Å². The number of aryl methyl sites for hydroxylation is 1. The number of carbonyl (C=O) groups is 2. The highest BCUT2D eigenvalue weighted by Gasteiger charge is 2.13. The third kappa shape index (κ3) is 9.83. The Morgan fingerprint density at radius 2 is 1.86 bits per heavy atom. The SMILES string of the molecule is CC1CCCCOCC1.CCC(C)C(=O)Nc1cc(-c2ccc(CC(C#N)NC=O)cc2)ccc1C. The molecule has 1 heterocycles. The molecule has 2 aromatic carbocycles. The van der Waals surface area contributed by atoms with Gasteiger partial charge in [0, 0.05) is 31.2 Å². The first-order valence-corrected chi connectivity index (χ1v) is 13.1. The van der Waals surface area contributed by atoms with Crippen LogP contribution in [0, 0.1) is 30.1 Å². The molecule has 0 spiro atoms.